The van der Waals surface area contributed by atoms with Crippen molar-refractivity contribution in [3.05, 3.63) is 29.3 Å². The van der Waals surface area contributed by atoms with Crippen molar-refractivity contribution in [2.75, 3.05) is 0 Å². The first kappa shape index (κ1) is 12.5. The van der Waals surface area contributed by atoms with E-state index in [1.165, 1.54) is 12.1 Å². The molecule has 1 rings (SSSR count). The molecule has 0 heterocycles. The van der Waals surface area contributed by atoms with Crippen LogP contribution in [0, 0.1) is 0 Å². The zero-order valence-corrected chi connectivity index (χ0v) is 9.34. The lowest BCUT2D eigenvalue weighted by atomic mass is 10.1. The summed E-state index contributed by atoms with van der Waals surface area (Å²) in [5.41, 5.74) is -0.593. The van der Waals surface area contributed by atoms with E-state index in [1.807, 2.05) is 0 Å². The van der Waals surface area contributed by atoms with Crippen molar-refractivity contribution in [3.8, 4) is 0 Å². The maximum Gasteiger partial charge on any atom is 0.416 e. The Morgan fingerprint density at radius 2 is 2.00 bits per heavy atom. The van der Waals surface area contributed by atoms with Gasteiger partial charge in [0.2, 0.25) is 0 Å². The molecule has 0 saturated heterocycles. The fourth-order valence-corrected chi connectivity index (χ4v) is 1.90. The van der Waals surface area contributed by atoms with E-state index in [9.17, 15) is 17.4 Å². The van der Waals surface area contributed by atoms with Crippen LogP contribution in [0.4, 0.5) is 13.2 Å². The van der Waals surface area contributed by atoms with E-state index in [1.54, 1.807) is 6.92 Å². The van der Waals surface area contributed by atoms with Gasteiger partial charge in [-0.15, -0.1) is 0 Å². The summed E-state index contributed by atoms with van der Waals surface area (Å²) in [4.78, 5) is -0.0267. The summed E-state index contributed by atoms with van der Waals surface area (Å²) in [6.45, 7) is 1.63. The molecule has 1 aromatic carbocycles. The molecule has 0 fully saturated rings. The highest BCUT2D eigenvalue weighted by atomic mass is 35.7. The van der Waals surface area contributed by atoms with Gasteiger partial charge in [-0.25, -0.2) is 4.21 Å². The van der Waals surface area contributed by atoms with Gasteiger partial charge in [-0.3, -0.25) is 0 Å². The van der Waals surface area contributed by atoms with Gasteiger partial charge in [0.25, 0.3) is 0 Å². The molecule has 0 radical (unpaired) electrons. The van der Waals surface area contributed by atoms with E-state index in [0.29, 0.717) is 0 Å². The first-order chi connectivity index (χ1) is 6.86. The van der Waals surface area contributed by atoms with Gasteiger partial charge in [0.1, 0.15) is 10.0 Å². The van der Waals surface area contributed by atoms with E-state index in [0.717, 1.165) is 6.07 Å². The average Bonchev–Trinajstić information content (AvgIpc) is 2.15. The maximum atomic E-state index is 12.5. The molecule has 1 unspecified atom stereocenters. The first-order valence-corrected chi connectivity index (χ1v) is 6.12. The van der Waals surface area contributed by atoms with Crippen LogP contribution < -0.4 is 0 Å². The Bertz CT molecular complexity index is 389. The molecule has 84 valence electrons. The summed E-state index contributed by atoms with van der Waals surface area (Å²) in [5.74, 6) is 0. The lowest BCUT2D eigenvalue weighted by molar-refractivity contribution is -0.138. The molecule has 0 aromatic heterocycles. The van der Waals surface area contributed by atoms with Crippen molar-refractivity contribution in [3.63, 3.8) is 0 Å². The minimum atomic E-state index is -4.43. The summed E-state index contributed by atoms with van der Waals surface area (Å²) in [7, 11) is 3.31. The molecule has 0 amide bonds. The second-order valence-corrected chi connectivity index (χ2v) is 4.65. The molecule has 15 heavy (non-hydrogen) atoms. The van der Waals surface area contributed by atoms with E-state index in [4.69, 9.17) is 10.7 Å². The van der Waals surface area contributed by atoms with E-state index >= 15 is 0 Å². The molecule has 6 heteroatoms. The van der Waals surface area contributed by atoms with E-state index < -0.39 is 21.8 Å². The number of halogens is 4. The van der Waals surface area contributed by atoms with Crippen molar-refractivity contribution in [2.45, 2.75) is 24.4 Å². The molecular formula is C9H8ClF3OS. The fraction of sp³-hybridized carbons (Fsp3) is 0.333. The van der Waals surface area contributed by atoms with Crippen molar-refractivity contribution in [2.24, 2.45) is 0 Å². The smallest absolute Gasteiger partial charge is 0.237 e. The Labute approximate surface area is 92.2 Å². The van der Waals surface area contributed by atoms with Crippen LogP contribution in [-0.4, -0.2) is 4.21 Å². The summed E-state index contributed by atoms with van der Waals surface area (Å²) in [5, 5.41) is 0. The Kier molecular flexibility index (Phi) is 3.78. The van der Waals surface area contributed by atoms with Crippen LogP contribution in [0.1, 0.15) is 18.1 Å². The van der Waals surface area contributed by atoms with Crippen LogP contribution in [0.25, 0.3) is 0 Å². The van der Waals surface area contributed by atoms with Gasteiger partial charge in [0.05, 0.1) is 10.5 Å². The van der Waals surface area contributed by atoms with Gasteiger partial charge < -0.3 is 0 Å². The SMILES string of the molecule is CCc1ccc(S(=O)Cl)cc1C(F)(F)F. The second-order valence-electron chi connectivity index (χ2n) is 2.89. The highest BCUT2D eigenvalue weighted by molar-refractivity contribution is 8.08. The average molecular weight is 257 g/mol. The lowest BCUT2D eigenvalue weighted by Crippen LogP contribution is -2.09. The number of alkyl halides is 3. The first-order valence-electron chi connectivity index (χ1n) is 4.14. The van der Waals surface area contributed by atoms with E-state index in [-0.39, 0.29) is 16.9 Å². The summed E-state index contributed by atoms with van der Waals surface area (Å²) in [6.07, 6.45) is -4.17. The third-order valence-corrected chi connectivity index (χ3v) is 3.11. The number of aryl methyl sites for hydroxylation is 1. The molecule has 0 spiro atoms. The van der Waals surface area contributed by atoms with Crippen LogP contribution in [-0.2, 0) is 22.6 Å². The van der Waals surface area contributed by atoms with Gasteiger partial charge in [-0.1, -0.05) is 13.0 Å². The van der Waals surface area contributed by atoms with Crippen molar-refractivity contribution < 1.29 is 17.4 Å². The normalized spacial score (nSPS) is 13.9. The molecule has 1 nitrogen and oxygen atoms in total. The Balaban J connectivity index is 3.32. The van der Waals surface area contributed by atoms with E-state index in [2.05, 4.69) is 0 Å². The van der Waals surface area contributed by atoms with Gasteiger partial charge in [0.15, 0.2) is 0 Å². The van der Waals surface area contributed by atoms with Crippen molar-refractivity contribution >= 4 is 20.7 Å². The van der Waals surface area contributed by atoms with Crippen LogP contribution in [0.2, 0.25) is 0 Å². The number of hydrogen-bond acceptors (Lipinski definition) is 1. The molecule has 0 saturated carbocycles. The van der Waals surface area contributed by atoms with Gasteiger partial charge in [0, 0.05) is 0 Å². The van der Waals surface area contributed by atoms with Crippen molar-refractivity contribution in [1.29, 1.82) is 0 Å². The van der Waals surface area contributed by atoms with Gasteiger partial charge in [-0.2, -0.15) is 13.2 Å². The molecule has 0 aliphatic carbocycles. The highest BCUT2D eigenvalue weighted by Gasteiger charge is 2.33. The summed E-state index contributed by atoms with van der Waals surface area (Å²) < 4.78 is 48.4. The van der Waals surface area contributed by atoms with Crippen molar-refractivity contribution in [1.82, 2.24) is 0 Å². The zero-order chi connectivity index (χ0) is 11.6. The van der Waals surface area contributed by atoms with Gasteiger partial charge in [-0.05, 0) is 34.8 Å². The minimum Gasteiger partial charge on any atom is -0.237 e. The lowest BCUT2D eigenvalue weighted by Gasteiger charge is -2.12. The predicted octanol–water partition coefficient (Wildman–Crippen LogP) is 3.53. The predicted molar refractivity (Wildman–Crippen MR) is 53.1 cm³/mol. The highest BCUT2D eigenvalue weighted by Crippen LogP contribution is 2.33. The Hall–Kier alpha value is -0.550. The standard InChI is InChI=1S/C9H8ClF3OS/c1-2-6-3-4-7(15(10)14)5-8(6)9(11,12)13/h3-5H,2H2,1H3. The summed E-state index contributed by atoms with van der Waals surface area (Å²) in [6, 6.07) is 3.48. The molecule has 0 aliphatic rings. The van der Waals surface area contributed by atoms with Crippen LogP contribution in [0.3, 0.4) is 0 Å². The second kappa shape index (κ2) is 4.53. The maximum absolute atomic E-state index is 12.5. The van der Waals surface area contributed by atoms with Crippen LogP contribution in [0.15, 0.2) is 23.1 Å². The zero-order valence-electron chi connectivity index (χ0n) is 7.77. The van der Waals surface area contributed by atoms with Crippen LogP contribution >= 0.6 is 10.7 Å². The third-order valence-electron chi connectivity index (χ3n) is 1.95. The third kappa shape index (κ3) is 2.95. The fourth-order valence-electron chi connectivity index (χ4n) is 1.23. The Morgan fingerprint density at radius 1 is 1.40 bits per heavy atom. The largest absolute Gasteiger partial charge is 0.416 e. The summed E-state index contributed by atoms with van der Waals surface area (Å²) >= 11 is 0. The topological polar surface area (TPSA) is 17.1 Å². The molecule has 1 atom stereocenters. The van der Waals surface area contributed by atoms with Gasteiger partial charge >= 0.3 is 6.18 Å². The quantitative estimate of drug-likeness (QED) is 0.740. The minimum absolute atomic E-state index is 0.0267. The number of benzene rings is 1. The number of hydrogen-bond donors (Lipinski definition) is 0. The monoisotopic (exact) mass is 256 g/mol. The molecular weight excluding hydrogens is 249 g/mol. The molecule has 0 N–H and O–H groups in total. The molecule has 1 aromatic rings. The Morgan fingerprint density at radius 3 is 2.40 bits per heavy atom. The number of rotatable bonds is 2. The molecule has 0 bridgehead atoms. The van der Waals surface area contributed by atoms with Crippen LogP contribution in [0.5, 0.6) is 0 Å². The molecule has 0 aliphatic heterocycles.